The van der Waals surface area contributed by atoms with E-state index in [1.165, 1.54) is 0 Å². The molecule has 1 rings (SSSR count). The maximum atomic E-state index is 12.2. The Hall–Kier alpha value is -1.31. The van der Waals surface area contributed by atoms with Crippen molar-refractivity contribution in [1.29, 1.82) is 0 Å². The third-order valence-corrected chi connectivity index (χ3v) is 3.52. The first-order valence-electron chi connectivity index (χ1n) is 7.39. The summed E-state index contributed by atoms with van der Waals surface area (Å²) in [5.74, 6) is 0.488. The van der Waals surface area contributed by atoms with Crippen molar-refractivity contribution in [2.45, 2.75) is 72.1 Å². The second kappa shape index (κ2) is 5.59. The van der Waals surface area contributed by atoms with Crippen molar-refractivity contribution in [3.05, 3.63) is 28.8 Å². The van der Waals surface area contributed by atoms with E-state index in [4.69, 9.17) is 0 Å². The van der Waals surface area contributed by atoms with Crippen LogP contribution in [0.4, 0.5) is 0 Å². The molecule has 0 amide bonds. The summed E-state index contributed by atoms with van der Waals surface area (Å²) in [6, 6.07) is 3.73. The second-order valence-electron chi connectivity index (χ2n) is 7.59. The molecular weight excluding hydrogens is 248 g/mol. The van der Waals surface area contributed by atoms with Crippen LogP contribution in [0.25, 0.3) is 0 Å². The molecule has 1 aromatic rings. The molecular formula is C18H28O2. The topological polar surface area (TPSA) is 37.3 Å². The van der Waals surface area contributed by atoms with Crippen LogP contribution in [0.5, 0.6) is 5.75 Å². The molecule has 0 radical (unpaired) electrons. The fraction of sp³-hybridized carbons (Fsp3) is 0.611. The number of phenols is 1. The van der Waals surface area contributed by atoms with Crippen LogP contribution in [-0.2, 0) is 10.8 Å². The van der Waals surface area contributed by atoms with Gasteiger partial charge in [-0.3, -0.25) is 4.79 Å². The first-order valence-corrected chi connectivity index (χ1v) is 7.39. The number of rotatable bonds is 3. The lowest BCUT2D eigenvalue weighted by atomic mass is 9.78. The third-order valence-electron chi connectivity index (χ3n) is 3.52. The monoisotopic (exact) mass is 276 g/mol. The summed E-state index contributed by atoms with van der Waals surface area (Å²) in [6.45, 7) is 14.4. The van der Waals surface area contributed by atoms with Crippen molar-refractivity contribution in [3.8, 4) is 5.75 Å². The predicted molar refractivity (Wildman–Crippen MR) is 84.7 cm³/mol. The summed E-state index contributed by atoms with van der Waals surface area (Å²) >= 11 is 0. The normalized spacial score (nSPS) is 12.6. The summed E-state index contributed by atoms with van der Waals surface area (Å²) in [5.41, 5.74) is 2.05. The van der Waals surface area contributed by atoms with Crippen molar-refractivity contribution in [2.24, 2.45) is 0 Å². The Labute approximate surface area is 123 Å². The van der Waals surface area contributed by atoms with Gasteiger partial charge in [0.25, 0.3) is 0 Å². The van der Waals surface area contributed by atoms with Crippen LogP contribution in [0, 0.1) is 0 Å². The van der Waals surface area contributed by atoms with E-state index in [0.29, 0.717) is 12.2 Å². The van der Waals surface area contributed by atoms with Gasteiger partial charge < -0.3 is 5.11 Å². The molecule has 0 heterocycles. The summed E-state index contributed by atoms with van der Waals surface area (Å²) in [6.07, 6.45) is 1.40. The fourth-order valence-corrected chi connectivity index (χ4v) is 2.31. The highest BCUT2D eigenvalue weighted by Gasteiger charge is 2.27. The van der Waals surface area contributed by atoms with Crippen LogP contribution in [-0.4, -0.2) is 10.9 Å². The van der Waals surface area contributed by atoms with Gasteiger partial charge in [0.15, 0.2) is 5.78 Å². The van der Waals surface area contributed by atoms with Gasteiger partial charge in [-0.15, -0.1) is 0 Å². The van der Waals surface area contributed by atoms with Gasteiger partial charge in [0.05, 0.1) is 0 Å². The largest absolute Gasteiger partial charge is 0.507 e. The first kappa shape index (κ1) is 16.7. The van der Waals surface area contributed by atoms with Gasteiger partial charge in [-0.25, -0.2) is 0 Å². The molecule has 2 heteroatoms. The van der Waals surface area contributed by atoms with Crippen molar-refractivity contribution in [1.82, 2.24) is 0 Å². The average molecular weight is 276 g/mol. The number of aromatic hydroxyl groups is 1. The molecule has 0 spiro atoms. The van der Waals surface area contributed by atoms with E-state index in [1.807, 2.05) is 19.1 Å². The van der Waals surface area contributed by atoms with E-state index in [0.717, 1.165) is 23.1 Å². The number of phenolic OH excluding ortho intramolecular Hbond substituents is 1. The van der Waals surface area contributed by atoms with Crippen LogP contribution >= 0.6 is 0 Å². The number of Topliss-reactive ketones (excluding diaryl/α,β-unsaturated/α-hetero) is 1. The van der Waals surface area contributed by atoms with Gasteiger partial charge in [0.2, 0.25) is 0 Å². The minimum atomic E-state index is -0.188. The summed E-state index contributed by atoms with van der Waals surface area (Å²) in [7, 11) is 0. The van der Waals surface area contributed by atoms with Crippen molar-refractivity contribution < 1.29 is 9.90 Å². The molecule has 0 unspecified atom stereocenters. The Morgan fingerprint density at radius 3 is 1.70 bits per heavy atom. The number of hydrogen-bond acceptors (Lipinski definition) is 2. The number of benzene rings is 1. The molecule has 0 atom stereocenters. The van der Waals surface area contributed by atoms with Gasteiger partial charge in [0, 0.05) is 23.1 Å². The Bertz CT molecular complexity index is 464. The highest BCUT2D eigenvalue weighted by molar-refractivity contribution is 5.96. The van der Waals surface area contributed by atoms with Gasteiger partial charge in [-0.2, -0.15) is 0 Å². The van der Waals surface area contributed by atoms with Gasteiger partial charge in [-0.1, -0.05) is 48.5 Å². The predicted octanol–water partition coefficient (Wildman–Crippen LogP) is 4.97. The molecule has 0 aromatic heterocycles. The molecule has 0 bridgehead atoms. The molecule has 0 aliphatic carbocycles. The van der Waals surface area contributed by atoms with Crippen LogP contribution < -0.4 is 0 Å². The standard InChI is InChI=1S/C18H28O2/c1-8-9-15(19)12-10-13(17(2,3)4)16(20)14(11-12)18(5,6)7/h10-11,20H,8-9H2,1-7H3. The quantitative estimate of drug-likeness (QED) is 0.791. The third kappa shape index (κ3) is 3.62. The number of ketones is 1. The van der Waals surface area contributed by atoms with Crippen molar-refractivity contribution in [2.75, 3.05) is 0 Å². The number of hydrogen-bond donors (Lipinski definition) is 1. The first-order chi connectivity index (χ1) is 8.98. The van der Waals surface area contributed by atoms with E-state index in [1.54, 1.807) is 0 Å². The smallest absolute Gasteiger partial charge is 0.162 e. The molecule has 0 saturated carbocycles. The highest BCUT2D eigenvalue weighted by atomic mass is 16.3. The van der Waals surface area contributed by atoms with E-state index in [9.17, 15) is 9.90 Å². The molecule has 1 N–H and O–H groups in total. The maximum Gasteiger partial charge on any atom is 0.162 e. The Morgan fingerprint density at radius 2 is 1.40 bits per heavy atom. The van der Waals surface area contributed by atoms with Gasteiger partial charge in [0.1, 0.15) is 5.75 Å². The zero-order chi connectivity index (χ0) is 15.7. The van der Waals surface area contributed by atoms with E-state index >= 15 is 0 Å². The molecule has 1 aromatic carbocycles. The van der Waals surface area contributed by atoms with Crippen LogP contribution in [0.15, 0.2) is 12.1 Å². The molecule has 0 saturated heterocycles. The maximum absolute atomic E-state index is 12.2. The fourth-order valence-electron chi connectivity index (χ4n) is 2.31. The van der Waals surface area contributed by atoms with Crippen LogP contribution in [0.1, 0.15) is 82.8 Å². The average Bonchev–Trinajstić information content (AvgIpc) is 2.26. The van der Waals surface area contributed by atoms with Gasteiger partial charge >= 0.3 is 0 Å². The van der Waals surface area contributed by atoms with E-state index in [2.05, 4.69) is 41.5 Å². The lowest BCUT2D eigenvalue weighted by Crippen LogP contribution is -2.18. The zero-order valence-electron chi connectivity index (χ0n) is 13.9. The Balaban J connectivity index is 3.55. The molecule has 112 valence electrons. The van der Waals surface area contributed by atoms with Crippen molar-refractivity contribution in [3.63, 3.8) is 0 Å². The minimum Gasteiger partial charge on any atom is -0.507 e. The van der Waals surface area contributed by atoms with Crippen molar-refractivity contribution >= 4 is 5.78 Å². The molecule has 20 heavy (non-hydrogen) atoms. The molecule has 0 aliphatic rings. The molecule has 0 aliphatic heterocycles. The summed E-state index contributed by atoms with van der Waals surface area (Å²) in [5, 5.41) is 10.6. The number of carbonyl (C=O) groups is 1. The zero-order valence-corrected chi connectivity index (χ0v) is 13.9. The SMILES string of the molecule is CCCC(=O)c1cc(C(C)(C)C)c(O)c(C(C)(C)C)c1. The minimum absolute atomic E-state index is 0.156. The lowest BCUT2D eigenvalue weighted by molar-refractivity contribution is 0.0981. The Morgan fingerprint density at radius 1 is 1.00 bits per heavy atom. The number of carbonyl (C=O) groups excluding carboxylic acids is 1. The Kier molecular flexibility index (Phi) is 4.68. The van der Waals surface area contributed by atoms with Gasteiger partial charge in [-0.05, 0) is 29.4 Å². The highest BCUT2D eigenvalue weighted by Crippen LogP contribution is 2.39. The summed E-state index contributed by atoms with van der Waals surface area (Å²) < 4.78 is 0. The molecule has 2 nitrogen and oxygen atoms in total. The van der Waals surface area contributed by atoms with Crippen LogP contribution in [0.2, 0.25) is 0 Å². The summed E-state index contributed by atoms with van der Waals surface area (Å²) in [4.78, 5) is 12.2. The lowest BCUT2D eigenvalue weighted by Gasteiger charge is -2.28. The van der Waals surface area contributed by atoms with E-state index in [-0.39, 0.29) is 16.6 Å². The van der Waals surface area contributed by atoms with Crippen LogP contribution in [0.3, 0.4) is 0 Å². The molecule has 0 fully saturated rings. The second-order valence-corrected chi connectivity index (χ2v) is 7.59. The van der Waals surface area contributed by atoms with E-state index < -0.39 is 0 Å².